The molecule has 1 heterocycles. The second-order valence-corrected chi connectivity index (χ2v) is 7.61. The highest BCUT2D eigenvalue weighted by molar-refractivity contribution is 6.21. The molecule has 4 N–H and O–H groups in total. The van der Waals surface area contributed by atoms with Gasteiger partial charge in [-0.05, 0) is 48.0 Å². The van der Waals surface area contributed by atoms with Crippen molar-refractivity contribution in [1.29, 1.82) is 0 Å². The number of imide groups is 1. The molecular weight excluding hydrogens is 420 g/mol. The summed E-state index contributed by atoms with van der Waals surface area (Å²) in [4.78, 5) is 38.6. The van der Waals surface area contributed by atoms with Gasteiger partial charge in [0.1, 0.15) is 0 Å². The van der Waals surface area contributed by atoms with Crippen LogP contribution in [0.5, 0.6) is 0 Å². The average molecular weight is 444 g/mol. The lowest BCUT2D eigenvalue weighted by atomic mass is 10.1. The number of para-hydroxylation sites is 2. The Morgan fingerprint density at radius 1 is 0.970 bits per heavy atom. The Morgan fingerprint density at radius 2 is 1.70 bits per heavy atom. The second-order valence-electron chi connectivity index (χ2n) is 7.61. The van der Waals surface area contributed by atoms with Crippen molar-refractivity contribution in [3.8, 4) is 0 Å². The van der Waals surface area contributed by atoms with Crippen molar-refractivity contribution < 1.29 is 19.1 Å². The predicted molar refractivity (Wildman–Crippen MR) is 126 cm³/mol. The van der Waals surface area contributed by atoms with Crippen LogP contribution in [0.25, 0.3) is 0 Å². The van der Waals surface area contributed by atoms with Crippen LogP contribution in [0.4, 0.5) is 17.1 Å². The van der Waals surface area contributed by atoms with Gasteiger partial charge in [0.05, 0.1) is 35.7 Å². The van der Waals surface area contributed by atoms with Crippen molar-refractivity contribution in [3.63, 3.8) is 0 Å². The van der Waals surface area contributed by atoms with Crippen LogP contribution >= 0.6 is 0 Å². The van der Waals surface area contributed by atoms with E-state index < -0.39 is 0 Å². The van der Waals surface area contributed by atoms with Gasteiger partial charge in [0.2, 0.25) is 0 Å². The molecule has 0 fully saturated rings. The predicted octanol–water partition coefficient (Wildman–Crippen LogP) is 3.38. The summed E-state index contributed by atoms with van der Waals surface area (Å²) >= 11 is 0. The summed E-state index contributed by atoms with van der Waals surface area (Å²) in [5.74, 6) is -0.859. The van der Waals surface area contributed by atoms with Crippen LogP contribution in [0.2, 0.25) is 0 Å². The molecule has 8 heteroatoms. The van der Waals surface area contributed by atoms with Crippen molar-refractivity contribution in [2.45, 2.75) is 6.54 Å². The van der Waals surface area contributed by atoms with E-state index in [4.69, 9.17) is 10.5 Å². The van der Waals surface area contributed by atoms with Crippen LogP contribution in [-0.2, 0) is 11.3 Å². The summed E-state index contributed by atoms with van der Waals surface area (Å²) in [5, 5.41) is 6.06. The Morgan fingerprint density at radius 3 is 2.42 bits per heavy atom. The van der Waals surface area contributed by atoms with Crippen LogP contribution < -0.4 is 16.4 Å². The number of carbonyl (C=O) groups is 3. The van der Waals surface area contributed by atoms with Crippen LogP contribution in [0.3, 0.4) is 0 Å². The Bertz CT molecular complexity index is 1210. The van der Waals surface area contributed by atoms with Gasteiger partial charge in [0.25, 0.3) is 17.7 Å². The lowest BCUT2D eigenvalue weighted by molar-refractivity contribution is 0.0603. The van der Waals surface area contributed by atoms with Gasteiger partial charge in [-0.2, -0.15) is 0 Å². The number of ether oxygens (including phenoxy) is 1. The van der Waals surface area contributed by atoms with E-state index in [9.17, 15) is 14.4 Å². The van der Waals surface area contributed by atoms with E-state index in [-0.39, 0.29) is 24.3 Å². The lowest BCUT2D eigenvalue weighted by Crippen LogP contribution is -2.32. The van der Waals surface area contributed by atoms with Gasteiger partial charge in [-0.15, -0.1) is 0 Å². The van der Waals surface area contributed by atoms with Gasteiger partial charge < -0.3 is 21.1 Å². The van der Waals surface area contributed by atoms with Crippen LogP contribution in [0.15, 0.2) is 66.7 Å². The second kappa shape index (κ2) is 9.54. The van der Waals surface area contributed by atoms with Gasteiger partial charge in [0, 0.05) is 24.9 Å². The smallest absolute Gasteiger partial charge is 0.261 e. The maximum Gasteiger partial charge on any atom is 0.261 e. The van der Waals surface area contributed by atoms with E-state index in [1.165, 1.54) is 12.0 Å². The van der Waals surface area contributed by atoms with Crippen molar-refractivity contribution in [2.24, 2.45) is 0 Å². The fourth-order valence-electron chi connectivity index (χ4n) is 3.57. The molecule has 3 aromatic carbocycles. The fourth-order valence-corrected chi connectivity index (χ4v) is 3.57. The number of hydrogen-bond donors (Lipinski definition) is 3. The molecule has 4 rings (SSSR count). The quantitative estimate of drug-likeness (QED) is 0.363. The van der Waals surface area contributed by atoms with Gasteiger partial charge in [-0.1, -0.05) is 24.3 Å². The number of nitrogen functional groups attached to an aromatic ring is 1. The van der Waals surface area contributed by atoms with Crippen LogP contribution in [-0.4, -0.2) is 42.9 Å². The summed E-state index contributed by atoms with van der Waals surface area (Å²) in [6.07, 6.45) is 0. The largest absolute Gasteiger partial charge is 0.397 e. The number of hydrogen-bond acceptors (Lipinski definition) is 6. The molecule has 3 aromatic rings. The molecular formula is C25H24N4O4. The molecule has 0 aliphatic carbocycles. The van der Waals surface area contributed by atoms with Gasteiger partial charge >= 0.3 is 0 Å². The number of amides is 3. The normalized spacial score (nSPS) is 12.6. The van der Waals surface area contributed by atoms with Crippen molar-refractivity contribution >= 4 is 34.8 Å². The molecule has 0 radical (unpaired) electrons. The fraction of sp³-hybridized carbons (Fsp3) is 0.160. The molecule has 0 unspecified atom stereocenters. The maximum atomic E-state index is 12.6. The first-order chi connectivity index (χ1) is 16.0. The first-order valence-electron chi connectivity index (χ1n) is 10.5. The van der Waals surface area contributed by atoms with E-state index in [2.05, 4.69) is 10.6 Å². The number of fused-ring (bicyclic) bond motifs is 1. The van der Waals surface area contributed by atoms with E-state index >= 15 is 0 Å². The Balaban J connectivity index is 1.38. The van der Waals surface area contributed by atoms with Gasteiger partial charge in [-0.25, -0.2) is 0 Å². The number of benzene rings is 3. The van der Waals surface area contributed by atoms with Crippen LogP contribution in [0, 0.1) is 0 Å². The van der Waals surface area contributed by atoms with E-state index in [0.29, 0.717) is 41.2 Å². The number of anilines is 3. The molecule has 0 bridgehead atoms. The zero-order chi connectivity index (χ0) is 23.4. The third-order valence-electron chi connectivity index (χ3n) is 5.41. The summed E-state index contributed by atoms with van der Waals surface area (Å²) in [7, 11) is 1.53. The topological polar surface area (TPSA) is 114 Å². The highest BCUT2D eigenvalue weighted by Crippen LogP contribution is 2.26. The van der Waals surface area contributed by atoms with E-state index in [1.54, 1.807) is 54.6 Å². The van der Waals surface area contributed by atoms with Crippen molar-refractivity contribution in [2.75, 3.05) is 36.6 Å². The van der Waals surface area contributed by atoms with Gasteiger partial charge in [-0.3, -0.25) is 19.3 Å². The molecule has 0 saturated carbocycles. The molecule has 0 saturated heterocycles. The summed E-state index contributed by atoms with van der Waals surface area (Å²) < 4.78 is 4.98. The molecule has 1 aliphatic rings. The molecule has 33 heavy (non-hydrogen) atoms. The van der Waals surface area contributed by atoms with E-state index in [1.807, 2.05) is 12.1 Å². The number of rotatable bonds is 8. The van der Waals surface area contributed by atoms with Gasteiger partial charge in [0.15, 0.2) is 0 Å². The highest BCUT2D eigenvalue weighted by Gasteiger charge is 2.35. The Hall–Kier alpha value is -4.17. The number of methoxy groups -OCH3 is 1. The molecule has 0 aromatic heterocycles. The van der Waals surface area contributed by atoms with E-state index in [0.717, 1.165) is 11.3 Å². The number of carbonyl (C=O) groups excluding carboxylic acids is 3. The number of nitrogens with one attached hydrogen (secondary N) is 2. The molecule has 0 atom stereocenters. The number of nitrogens with zero attached hydrogens (tertiary/aromatic N) is 1. The molecule has 1 aliphatic heterocycles. The molecule has 0 spiro atoms. The summed E-state index contributed by atoms with van der Waals surface area (Å²) in [5.41, 5.74) is 9.92. The SMILES string of the molecule is COCCN1C(=O)c2ccc(NCc3ccc(C(=O)Nc4ccccc4N)cc3)cc2C1=O. The van der Waals surface area contributed by atoms with Crippen molar-refractivity contribution in [1.82, 2.24) is 4.90 Å². The van der Waals surface area contributed by atoms with Crippen molar-refractivity contribution in [3.05, 3.63) is 89.0 Å². The minimum Gasteiger partial charge on any atom is -0.397 e. The number of nitrogens with two attached hydrogens (primary N) is 1. The molecule has 3 amide bonds. The summed E-state index contributed by atoms with van der Waals surface area (Å²) in [6.45, 7) is 1.01. The first-order valence-corrected chi connectivity index (χ1v) is 10.5. The molecule has 8 nitrogen and oxygen atoms in total. The third-order valence-corrected chi connectivity index (χ3v) is 5.41. The standard InChI is InChI=1S/C25H24N4O4/c1-33-13-12-29-24(31)19-11-10-18(14-20(19)25(29)32)27-15-16-6-8-17(9-7-16)23(30)28-22-5-3-2-4-21(22)26/h2-11,14,27H,12-13,15,26H2,1H3,(H,28,30). The zero-order valence-electron chi connectivity index (χ0n) is 18.1. The maximum absolute atomic E-state index is 12.6. The zero-order valence-corrected chi connectivity index (χ0v) is 18.1. The monoisotopic (exact) mass is 444 g/mol. The third kappa shape index (κ3) is 4.70. The minimum absolute atomic E-state index is 0.225. The molecule has 168 valence electrons. The Labute approximate surface area is 191 Å². The highest BCUT2D eigenvalue weighted by atomic mass is 16.5. The first kappa shape index (κ1) is 22.0. The van der Waals surface area contributed by atoms with Crippen LogP contribution in [0.1, 0.15) is 36.6 Å². The lowest BCUT2D eigenvalue weighted by Gasteiger charge is -2.12. The average Bonchev–Trinajstić information content (AvgIpc) is 3.07. The minimum atomic E-state index is -0.315. The Kier molecular flexibility index (Phi) is 6.37. The summed E-state index contributed by atoms with van der Waals surface area (Å²) in [6, 6.07) is 19.4.